The molecular formula is C13H27NS. The Morgan fingerprint density at radius 2 is 1.93 bits per heavy atom. The summed E-state index contributed by atoms with van der Waals surface area (Å²) in [6, 6.07) is 0. The van der Waals surface area contributed by atoms with Crippen LogP contribution in [0.2, 0.25) is 0 Å². The molecule has 0 aromatic rings. The molecule has 2 heteroatoms. The van der Waals surface area contributed by atoms with Crippen LogP contribution >= 0.6 is 12.6 Å². The Morgan fingerprint density at radius 1 is 1.20 bits per heavy atom. The second kappa shape index (κ2) is 8.46. The molecule has 1 atom stereocenters. The first-order chi connectivity index (χ1) is 7.34. The average molecular weight is 229 g/mol. The average Bonchev–Trinajstić information content (AvgIpc) is 2.30. The van der Waals surface area contributed by atoms with E-state index in [1.807, 2.05) is 0 Å². The van der Waals surface area contributed by atoms with Crippen molar-refractivity contribution in [2.45, 2.75) is 51.9 Å². The van der Waals surface area contributed by atoms with Crippen LogP contribution in [0.3, 0.4) is 0 Å². The lowest BCUT2D eigenvalue weighted by Gasteiger charge is -2.27. The van der Waals surface area contributed by atoms with Gasteiger partial charge in [-0.05, 0) is 31.2 Å². The smallest absolute Gasteiger partial charge is 0.00397 e. The standard InChI is InChI=1S/C13H27NS/c1-12(6-5-9-14-10-11-15)13-7-3-2-4-8-13/h12-15H,2-11H2,1H3. The maximum Gasteiger partial charge on any atom is 0.00397 e. The number of thiol groups is 1. The minimum absolute atomic E-state index is 0.947. The zero-order chi connectivity index (χ0) is 10.9. The van der Waals surface area contributed by atoms with Crippen molar-refractivity contribution in [3.63, 3.8) is 0 Å². The van der Waals surface area contributed by atoms with Crippen LogP contribution in [0, 0.1) is 11.8 Å². The van der Waals surface area contributed by atoms with E-state index in [1.165, 1.54) is 51.5 Å². The topological polar surface area (TPSA) is 12.0 Å². The number of rotatable bonds is 7. The zero-order valence-electron chi connectivity index (χ0n) is 10.2. The van der Waals surface area contributed by atoms with Crippen LogP contribution in [0.5, 0.6) is 0 Å². The summed E-state index contributed by atoms with van der Waals surface area (Å²) in [6.45, 7) is 4.69. The van der Waals surface area contributed by atoms with E-state index in [2.05, 4.69) is 24.9 Å². The van der Waals surface area contributed by atoms with E-state index < -0.39 is 0 Å². The van der Waals surface area contributed by atoms with Gasteiger partial charge in [0.1, 0.15) is 0 Å². The predicted molar refractivity (Wildman–Crippen MR) is 71.7 cm³/mol. The number of hydrogen-bond acceptors (Lipinski definition) is 2. The molecular weight excluding hydrogens is 202 g/mol. The molecule has 0 heterocycles. The predicted octanol–water partition coefficient (Wildman–Crippen LogP) is 3.50. The molecule has 0 amide bonds. The Balaban J connectivity index is 1.99. The zero-order valence-corrected chi connectivity index (χ0v) is 11.1. The summed E-state index contributed by atoms with van der Waals surface area (Å²) in [6.07, 6.45) is 10.2. The monoisotopic (exact) mass is 229 g/mol. The molecule has 0 spiro atoms. The number of nitrogens with one attached hydrogen (secondary N) is 1. The van der Waals surface area contributed by atoms with Gasteiger partial charge >= 0.3 is 0 Å². The minimum atomic E-state index is 0.947. The van der Waals surface area contributed by atoms with Crippen LogP contribution in [0.15, 0.2) is 0 Å². The first-order valence-corrected chi connectivity index (χ1v) is 7.29. The van der Waals surface area contributed by atoms with Crippen molar-refractivity contribution in [3.05, 3.63) is 0 Å². The second-order valence-corrected chi connectivity index (χ2v) is 5.44. The molecule has 15 heavy (non-hydrogen) atoms. The van der Waals surface area contributed by atoms with Gasteiger partial charge in [-0.1, -0.05) is 39.0 Å². The fourth-order valence-electron chi connectivity index (χ4n) is 2.69. The van der Waals surface area contributed by atoms with Crippen molar-refractivity contribution in [1.82, 2.24) is 5.32 Å². The summed E-state index contributed by atoms with van der Waals surface area (Å²) >= 11 is 4.18. The van der Waals surface area contributed by atoms with Crippen molar-refractivity contribution in [2.24, 2.45) is 11.8 Å². The molecule has 1 aliphatic rings. The Labute approximate surface area is 101 Å². The molecule has 1 N–H and O–H groups in total. The summed E-state index contributed by atoms with van der Waals surface area (Å²) in [5.74, 6) is 2.93. The van der Waals surface area contributed by atoms with Gasteiger partial charge in [-0.3, -0.25) is 0 Å². The first kappa shape index (κ1) is 13.4. The maximum atomic E-state index is 4.18. The highest BCUT2D eigenvalue weighted by Crippen LogP contribution is 2.31. The van der Waals surface area contributed by atoms with E-state index in [1.54, 1.807) is 0 Å². The van der Waals surface area contributed by atoms with Gasteiger partial charge in [-0.15, -0.1) is 0 Å². The largest absolute Gasteiger partial charge is 0.316 e. The highest BCUT2D eigenvalue weighted by atomic mass is 32.1. The van der Waals surface area contributed by atoms with Crippen molar-refractivity contribution in [1.29, 1.82) is 0 Å². The summed E-state index contributed by atoms with van der Waals surface area (Å²) in [5.41, 5.74) is 0. The van der Waals surface area contributed by atoms with Gasteiger partial charge in [0.05, 0.1) is 0 Å². The number of hydrogen-bond donors (Lipinski definition) is 2. The Kier molecular flexibility index (Phi) is 7.54. The first-order valence-electron chi connectivity index (χ1n) is 6.66. The lowest BCUT2D eigenvalue weighted by Crippen LogP contribution is -2.20. The highest BCUT2D eigenvalue weighted by Gasteiger charge is 2.19. The fraction of sp³-hybridized carbons (Fsp3) is 1.00. The summed E-state index contributed by atoms with van der Waals surface area (Å²) in [5, 5.41) is 3.42. The van der Waals surface area contributed by atoms with Gasteiger partial charge in [0.2, 0.25) is 0 Å². The van der Waals surface area contributed by atoms with Crippen LogP contribution in [0.25, 0.3) is 0 Å². The lowest BCUT2D eigenvalue weighted by atomic mass is 9.79. The van der Waals surface area contributed by atoms with Gasteiger partial charge in [0.15, 0.2) is 0 Å². The SMILES string of the molecule is CC(CCCNCCS)C1CCCCC1. The van der Waals surface area contributed by atoms with E-state index in [0.717, 1.165) is 24.1 Å². The lowest BCUT2D eigenvalue weighted by molar-refractivity contribution is 0.248. The van der Waals surface area contributed by atoms with E-state index in [9.17, 15) is 0 Å². The molecule has 1 aliphatic carbocycles. The van der Waals surface area contributed by atoms with Gasteiger partial charge < -0.3 is 5.32 Å². The van der Waals surface area contributed by atoms with E-state index in [-0.39, 0.29) is 0 Å². The van der Waals surface area contributed by atoms with Gasteiger partial charge in [-0.25, -0.2) is 0 Å². The molecule has 0 bridgehead atoms. The molecule has 0 aliphatic heterocycles. The third-order valence-corrected chi connectivity index (χ3v) is 3.98. The van der Waals surface area contributed by atoms with Gasteiger partial charge in [-0.2, -0.15) is 12.6 Å². The summed E-state index contributed by atoms with van der Waals surface area (Å²) in [4.78, 5) is 0. The molecule has 0 aromatic carbocycles. The van der Waals surface area contributed by atoms with Crippen molar-refractivity contribution in [3.8, 4) is 0 Å². The molecule has 0 aromatic heterocycles. The molecule has 90 valence electrons. The summed E-state index contributed by atoms with van der Waals surface area (Å²) in [7, 11) is 0. The Hall–Kier alpha value is 0.310. The summed E-state index contributed by atoms with van der Waals surface area (Å²) < 4.78 is 0. The third-order valence-electron chi connectivity index (χ3n) is 3.76. The molecule has 1 rings (SSSR count). The quantitative estimate of drug-likeness (QED) is 0.503. The van der Waals surface area contributed by atoms with E-state index >= 15 is 0 Å². The fourth-order valence-corrected chi connectivity index (χ4v) is 2.85. The van der Waals surface area contributed by atoms with Crippen LogP contribution in [-0.2, 0) is 0 Å². The molecule has 1 saturated carbocycles. The Bertz CT molecular complexity index is 143. The van der Waals surface area contributed by atoms with E-state index in [4.69, 9.17) is 0 Å². The Morgan fingerprint density at radius 3 is 2.60 bits per heavy atom. The van der Waals surface area contributed by atoms with Gasteiger partial charge in [0.25, 0.3) is 0 Å². The van der Waals surface area contributed by atoms with Crippen molar-refractivity contribution < 1.29 is 0 Å². The van der Waals surface area contributed by atoms with Crippen LogP contribution < -0.4 is 5.32 Å². The normalized spacial score (nSPS) is 20.4. The molecule has 0 saturated heterocycles. The third kappa shape index (κ3) is 5.82. The van der Waals surface area contributed by atoms with Crippen LogP contribution in [-0.4, -0.2) is 18.8 Å². The molecule has 1 nitrogen and oxygen atoms in total. The van der Waals surface area contributed by atoms with Crippen molar-refractivity contribution in [2.75, 3.05) is 18.8 Å². The van der Waals surface area contributed by atoms with E-state index in [0.29, 0.717) is 0 Å². The minimum Gasteiger partial charge on any atom is -0.316 e. The van der Waals surface area contributed by atoms with Crippen molar-refractivity contribution >= 4 is 12.6 Å². The maximum absolute atomic E-state index is 4.18. The van der Waals surface area contributed by atoms with Crippen LogP contribution in [0.4, 0.5) is 0 Å². The van der Waals surface area contributed by atoms with Crippen LogP contribution in [0.1, 0.15) is 51.9 Å². The highest BCUT2D eigenvalue weighted by molar-refractivity contribution is 7.80. The van der Waals surface area contributed by atoms with Gasteiger partial charge in [0, 0.05) is 12.3 Å². The molecule has 1 fully saturated rings. The second-order valence-electron chi connectivity index (χ2n) is 4.99. The molecule has 0 radical (unpaired) electrons. The molecule has 1 unspecified atom stereocenters.